The van der Waals surface area contributed by atoms with E-state index < -0.39 is 10.0 Å². The molecule has 0 unspecified atom stereocenters. The lowest BCUT2D eigenvalue weighted by molar-refractivity contribution is -0.117. The van der Waals surface area contributed by atoms with Crippen LogP contribution < -0.4 is 14.9 Å². The quantitative estimate of drug-likeness (QED) is 0.815. The number of rotatable bonds is 5. The molecule has 27 heavy (non-hydrogen) atoms. The number of carbonyl (C=O) groups is 1. The third-order valence-corrected chi connectivity index (χ3v) is 6.40. The van der Waals surface area contributed by atoms with Crippen molar-refractivity contribution in [3.05, 3.63) is 35.9 Å². The first kappa shape index (κ1) is 17.7. The lowest BCUT2D eigenvalue weighted by Gasteiger charge is -2.13. The molecule has 1 saturated carbocycles. The normalized spacial score (nSPS) is 17.2. The molecule has 142 valence electrons. The lowest BCUT2D eigenvalue weighted by Crippen LogP contribution is -2.20. The molecule has 0 bridgehead atoms. The van der Waals surface area contributed by atoms with E-state index in [0.29, 0.717) is 17.4 Å². The summed E-state index contributed by atoms with van der Waals surface area (Å²) < 4.78 is 27.7. The van der Waals surface area contributed by atoms with E-state index in [2.05, 4.69) is 20.2 Å². The van der Waals surface area contributed by atoms with Crippen molar-refractivity contribution >= 4 is 33.3 Å². The van der Waals surface area contributed by atoms with Crippen LogP contribution in [0.2, 0.25) is 0 Å². The van der Waals surface area contributed by atoms with Crippen molar-refractivity contribution in [3.63, 3.8) is 0 Å². The highest BCUT2D eigenvalue weighted by molar-refractivity contribution is 7.92. The van der Waals surface area contributed by atoms with E-state index in [4.69, 9.17) is 0 Å². The van der Waals surface area contributed by atoms with Gasteiger partial charge < -0.3 is 10.2 Å². The van der Waals surface area contributed by atoms with Gasteiger partial charge in [-0.25, -0.2) is 8.42 Å². The zero-order valence-corrected chi connectivity index (χ0v) is 15.8. The number of benzene rings is 1. The molecular formula is C18H21N5O3S. The number of likely N-dealkylation sites (N-methyl/N-ethyl adjacent to an activating group) is 1. The monoisotopic (exact) mass is 387 g/mol. The summed E-state index contributed by atoms with van der Waals surface area (Å²) in [6.45, 7) is 0. The molecule has 2 N–H and O–H groups in total. The van der Waals surface area contributed by atoms with Gasteiger partial charge in [0.2, 0.25) is 5.91 Å². The molecule has 0 spiro atoms. The highest BCUT2D eigenvalue weighted by atomic mass is 32.2. The zero-order chi connectivity index (χ0) is 19.0. The summed E-state index contributed by atoms with van der Waals surface area (Å²) in [6.07, 6.45) is 4.87. The summed E-state index contributed by atoms with van der Waals surface area (Å²) in [5.74, 6) is 0.744. The van der Waals surface area contributed by atoms with Crippen molar-refractivity contribution in [2.75, 3.05) is 22.0 Å². The number of sulfonamides is 1. The summed E-state index contributed by atoms with van der Waals surface area (Å²) in [6, 6.07) is 8.39. The summed E-state index contributed by atoms with van der Waals surface area (Å²) in [7, 11) is -2.13. The number of nitrogens with one attached hydrogen (secondary N) is 2. The first-order chi connectivity index (χ1) is 12.9. The van der Waals surface area contributed by atoms with Crippen LogP contribution in [-0.4, -0.2) is 37.6 Å². The molecule has 9 heteroatoms. The molecule has 1 aromatic heterocycles. The van der Waals surface area contributed by atoms with Crippen molar-refractivity contribution in [2.45, 2.75) is 43.0 Å². The summed E-state index contributed by atoms with van der Waals surface area (Å²) >= 11 is 0. The van der Waals surface area contributed by atoms with Gasteiger partial charge in [0.05, 0.1) is 11.3 Å². The van der Waals surface area contributed by atoms with E-state index in [9.17, 15) is 13.2 Å². The number of hydrogen-bond acceptors (Lipinski definition) is 6. The maximum Gasteiger partial charge on any atom is 0.263 e. The third-order valence-electron chi connectivity index (χ3n) is 5.05. The molecule has 1 aliphatic carbocycles. The van der Waals surface area contributed by atoms with Crippen LogP contribution in [0.15, 0.2) is 35.2 Å². The van der Waals surface area contributed by atoms with Gasteiger partial charge in [0.15, 0.2) is 5.82 Å². The Labute approximate surface area is 158 Å². The lowest BCUT2D eigenvalue weighted by atomic mass is 10.2. The SMILES string of the molecule is CN1C(=O)Cc2cc(S(=O)(=O)Nc3ccc(NC4CCCC4)nn3)ccc21. The highest BCUT2D eigenvalue weighted by Gasteiger charge is 2.26. The zero-order valence-electron chi connectivity index (χ0n) is 15.0. The Kier molecular flexibility index (Phi) is 4.47. The minimum Gasteiger partial charge on any atom is -0.366 e. The molecule has 0 radical (unpaired) electrons. The average molecular weight is 387 g/mol. The average Bonchev–Trinajstić information content (AvgIpc) is 3.25. The minimum absolute atomic E-state index is 0.0521. The van der Waals surface area contributed by atoms with Crippen LogP contribution in [0, 0.1) is 0 Å². The molecule has 1 aromatic carbocycles. The van der Waals surface area contributed by atoms with Crippen LogP contribution in [0.1, 0.15) is 31.2 Å². The van der Waals surface area contributed by atoms with Crippen molar-refractivity contribution in [1.29, 1.82) is 0 Å². The molecule has 1 amide bonds. The Hall–Kier alpha value is -2.68. The van der Waals surface area contributed by atoms with Crippen LogP contribution in [0.25, 0.3) is 0 Å². The highest BCUT2D eigenvalue weighted by Crippen LogP contribution is 2.30. The molecule has 1 aliphatic heterocycles. The number of nitrogens with zero attached hydrogens (tertiary/aromatic N) is 3. The van der Waals surface area contributed by atoms with E-state index in [1.54, 1.807) is 25.2 Å². The van der Waals surface area contributed by atoms with Crippen LogP contribution in [0.5, 0.6) is 0 Å². The molecular weight excluding hydrogens is 366 g/mol. The maximum atomic E-state index is 12.6. The van der Waals surface area contributed by atoms with Crippen LogP contribution in [0.4, 0.5) is 17.3 Å². The molecule has 2 heterocycles. The smallest absolute Gasteiger partial charge is 0.263 e. The second kappa shape index (κ2) is 6.80. The topological polar surface area (TPSA) is 104 Å². The predicted molar refractivity (Wildman–Crippen MR) is 102 cm³/mol. The largest absolute Gasteiger partial charge is 0.366 e. The third kappa shape index (κ3) is 3.59. The Balaban J connectivity index is 1.48. The standard InChI is InChI=1S/C18H21N5O3S/c1-23-15-7-6-14(10-12(15)11-18(23)24)27(25,26)22-17-9-8-16(20-21-17)19-13-4-2-3-5-13/h6-10,13H,2-5,11H2,1H3,(H,19,20)(H,21,22). The number of hydrogen-bond donors (Lipinski definition) is 2. The van der Waals surface area contributed by atoms with Gasteiger partial charge in [0, 0.05) is 18.8 Å². The van der Waals surface area contributed by atoms with Gasteiger partial charge in [-0.1, -0.05) is 12.8 Å². The number of amides is 1. The van der Waals surface area contributed by atoms with Gasteiger partial charge in [-0.05, 0) is 48.7 Å². The van der Waals surface area contributed by atoms with E-state index in [1.807, 2.05) is 0 Å². The van der Waals surface area contributed by atoms with Crippen molar-refractivity contribution < 1.29 is 13.2 Å². The van der Waals surface area contributed by atoms with Crippen molar-refractivity contribution in [1.82, 2.24) is 10.2 Å². The molecule has 2 aromatic rings. The minimum atomic E-state index is -3.81. The fourth-order valence-electron chi connectivity index (χ4n) is 3.55. The van der Waals surface area contributed by atoms with E-state index >= 15 is 0 Å². The molecule has 2 aliphatic rings. The van der Waals surface area contributed by atoms with E-state index in [0.717, 1.165) is 18.5 Å². The van der Waals surface area contributed by atoms with Crippen molar-refractivity contribution in [3.8, 4) is 0 Å². The van der Waals surface area contributed by atoms with Gasteiger partial charge in [0.25, 0.3) is 10.0 Å². The molecule has 4 rings (SSSR count). The van der Waals surface area contributed by atoms with Crippen LogP contribution in [-0.2, 0) is 21.2 Å². The number of carbonyl (C=O) groups excluding carboxylic acids is 1. The van der Waals surface area contributed by atoms with Gasteiger partial charge in [0.1, 0.15) is 5.82 Å². The maximum absolute atomic E-state index is 12.6. The molecule has 0 saturated heterocycles. The summed E-state index contributed by atoms with van der Waals surface area (Å²) in [5, 5.41) is 11.3. The molecule has 1 fully saturated rings. The van der Waals surface area contributed by atoms with Crippen LogP contribution in [0.3, 0.4) is 0 Å². The Bertz CT molecular complexity index is 969. The fourth-order valence-corrected chi connectivity index (χ4v) is 4.60. The Morgan fingerprint density at radius 3 is 2.48 bits per heavy atom. The summed E-state index contributed by atoms with van der Waals surface area (Å²) in [4.78, 5) is 13.4. The Morgan fingerprint density at radius 1 is 1.07 bits per heavy atom. The number of fused-ring (bicyclic) bond motifs is 1. The molecule has 8 nitrogen and oxygen atoms in total. The Morgan fingerprint density at radius 2 is 1.78 bits per heavy atom. The molecule has 0 atom stereocenters. The van der Waals surface area contributed by atoms with Crippen LogP contribution >= 0.6 is 0 Å². The second-order valence-electron chi connectivity index (χ2n) is 6.96. The number of aromatic nitrogens is 2. The van der Waals surface area contributed by atoms with Gasteiger partial charge in [-0.2, -0.15) is 0 Å². The first-order valence-electron chi connectivity index (χ1n) is 8.95. The number of anilines is 3. The van der Waals surface area contributed by atoms with E-state index in [-0.39, 0.29) is 23.0 Å². The van der Waals surface area contributed by atoms with Gasteiger partial charge in [-0.15, -0.1) is 10.2 Å². The van der Waals surface area contributed by atoms with Gasteiger partial charge >= 0.3 is 0 Å². The fraction of sp³-hybridized carbons (Fsp3) is 0.389. The predicted octanol–water partition coefficient (Wildman–Crippen LogP) is 2.15. The summed E-state index contributed by atoms with van der Waals surface area (Å²) in [5.41, 5.74) is 1.44. The first-order valence-corrected chi connectivity index (χ1v) is 10.4. The van der Waals surface area contributed by atoms with Gasteiger partial charge in [-0.3, -0.25) is 9.52 Å². The second-order valence-corrected chi connectivity index (χ2v) is 8.64. The van der Waals surface area contributed by atoms with E-state index in [1.165, 1.54) is 29.9 Å². The van der Waals surface area contributed by atoms with Crippen molar-refractivity contribution in [2.24, 2.45) is 0 Å².